The van der Waals surface area contributed by atoms with E-state index in [1.807, 2.05) is 18.2 Å². The number of halogens is 1. The first kappa shape index (κ1) is 15.2. The molecule has 4 rings (SSSR count). The van der Waals surface area contributed by atoms with Crippen molar-refractivity contribution in [1.82, 2.24) is 4.98 Å². The van der Waals surface area contributed by atoms with Gasteiger partial charge < -0.3 is 5.11 Å². The molecule has 24 heavy (non-hydrogen) atoms. The van der Waals surface area contributed by atoms with Gasteiger partial charge in [-0.2, -0.15) is 0 Å². The number of rotatable bonds is 1. The monoisotopic (exact) mass is 337 g/mol. The summed E-state index contributed by atoms with van der Waals surface area (Å²) in [5, 5.41) is 11.0. The minimum absolute atomic E-state index is 0.151. The molecular formula is C20H16ClNO2. The summed E-state index contributed by atoms with van der Waals surface area (Å²) in [6, 6.07) is 13.4. The van der Waals surface area contributed by atoms with Gasteiger partial charge in [0.05, 0.1) is 21.8 Å². The summed E-state index contributed by atoms with van der Waals surface area (Å²) in [5.41, 5.74) is 4.43. The van der Waals surface area contributed by atoms with Crippen LogP contribution < -0.4 is 0 Å². The van der Waals surface area contributed by atoms with E-state index in [1.54, 1.807) is 18.2 Å². The molecule has 0 aliphatic heterocycles. The van der Waals surface area contributed by atoms with E-state index in [1.165, 1.54) is 5.56 Å². The maximum atomic E-state index is 12.1. The Kier molecular flexibility index (Phi) is 3.19. The first-order valence-corrected chi connectivity index (χ1v) is 8.22. The van der Waals surface area contributed by atoms with E-state index in [0.717, 1.165) is 16.8 Å². The number of aromatic nitrogens is 1. The molecule has 0 bridgehead atoms. The van der Waals surface area contributed by atoms with Crippen LogP contribution in [0, 0.1) is 0 Å². The molecule has 1 aromatic heterocycles. The van der Waals surface area contributed by atoms with E-state index in [-0.39, 0.29) is 5.41 Å². The average molecular weight is 338 g/mol. The lowest BCUT2D eigenvalue weighted by Crippen LogP contribution is -2.28. The second-order valence-corrected chi connectivity index (χ2v) is 7.27. The maximum absolute atomic E-state index is 12.1. The fraction of sp³-hybridized carbons (Fsp3) is 0.200. The molecule has 0 spiro atoms. The fourth-order valence-electron chi connectivity index (χ4n) is 3.75. The Bertz CT molecular complexity index is 1010. The van der Waals surface area contributed by atoms with Gasteiger partial charge in [-0.05, 0) is 29.0 Å². The van der Waals surface area contributed by atoms with Gasteiger partial charge in [-0.3, -0.25) is 0 Å². The first-order chi connectivity index (χ1) is 11.4. The molecule has 3 nitrogen and oxygen atoms in total. The molecule has 0 saturated carbocycles. The minimum Gasteiger partial charge on any atom is -0.478 e. The number of benzene rings is 2. The van der Waals surface area contributed by atoms with Crippen molar-refractivity contribution in [2.45, 2.75) is 25.7 Å². The second kappa shape index (κ2) is 5.05. The van der Waals surface area contributed by atoms with Crippen LogP contribution in [0.2, 0.25) is 5.02 Å². The molecule has 0 unspecified atom stereocenters. The third kappa shape index (κ3) is 2.05. The standard InChI is InChI=1S/C20H16ClNO2/c1-20(2)10-13-16(19(23)24)12-7-5-9-15(21)18(12)22-17(13)11-6-3-4-8-14(11)20/h3-9H,10H2,1-2H3,(H,23,24). The molecule has 3 aromatic rings. The van der Waals surface area contributed by atoms with Gasteiger partial charge in [-0.25, -0.2) is 9.78 Å². The summed E-state index contributed by atoms with van der Waals surface area (Å²) in [6.07, 6.45) is 0.635. The lowest BCUT2D eigenvalue weighted by Gasteiger charge is -2.34. The molecule has 1 N–H and O–H groups in total. The van der Waals surface area contributed by atoms with E-state index in [2.05, 4.69) is 19.9 Å². The van der Waals surface area contributed by atoms with Crippen LogP contribution in [-0.4, -0.2) is 16.1 Å². The van der Waals surface area contributed by atoms with Crippen molar-refractivity contribution in [3.05, 3.63) is 64.2 Å². The number of carboxylic acids is 1. The molecule has 0 saturated heterocycles. The van der Waals surface area contributed by atoms with Crippen LogP contribution in [0.4, 0.5) is 0 Å². The Morgan fingerprint density at radius 2 is 1.92 bits per heavy atom. The van der Waals surface area contributed by atoms with Gasteiger partial charge in [0.1, 0.15) is 0 Å². The van der Waals surface area contributed by atoms with Crippen LogP contribution in [0.25, 0.3) is 22.2 Å². The van der Waals surface area contributed by atoms with E-state index in [4.69, 9.17) is 16.6 Å². The normalized spacial score (nSPS) is 15.0. The van der Waals surface area contributed by atoms with E-state index >= 15 is 0 Å². The van der Waals surface area contributed by atoms with Crippen LogP contribution in [-0.2, 0) is 11.8 Å². The number of hydrogen-bond donors (Lipinski definition) is 1. The number of para-hydroxylation sites is 1. The van der Waals surface area contributed by atoms with Gasteiger partial charge >= 0.3 is 5.97 Å². The maximum Gasteiger partial charge on any atom is 0.336 e. The Balaban J connectivity index is 2.20. The molecule has 1 aliphatic carbocycles. The number of carbonyl (C=O) groups is 1. The van der Waals surface area contributed by atoms with Crippen molar-refractivity contribution in [3.8, 4) is 11.3 Å². The molecule has 0 atom stereocenters. The fourth-order valence-corrected chi connectivity index (χ4v) is 3.96. The van der Waals surface area contributed by atoms with Crippen molar-refractivity contribution >= 4 is 28.5 Å². The molecular weight excluding hydrogens is 322 g/mol. The summed E-state index contributed by atoms with van der Waals surface area (Å²) in [7, 11) is 0. The Hall–Kier alpha value is -2.39. The number of pyridine rings is 1. The molecule has 4 heteroatoms. The molecule has 1 aliphatic rings. The molecule has 0 amide bonds. The van der Waals surface area contributed by atoms with Crippen LogP contribution in [0.3, 0.4) is 0 Å². The molecule has 2 aromatic carbocycles. The second-order valence-electron chi connectivity index (χ2n) is 6.86. The highest BCUT2D eigenvalue weighted by molar-refractivity contribution is 6.35. The van der Waals surface area contributed by atoms with Crippen molar-refractivity contribution in [3.63, 3.8) is 0 Å². The number of carboxylic acid groups (broad SMARTS) is 1. The van der Waals surface area contributed by atoms with Crippen molar-refractivity contribution in [1.29, 1.82) is 0 Å². The first-order valence-electron chi connectivity index (χ1n) is 7.84. The van der Waals surface area contributed by atoms with Gasteiger partial charge in [-0.15, -0.1) is 0 Å². The van der Waals surface area contributed by atoms with Gasteiger partial charge in [0.15, 0.2) is 0 Å². The summed E-state index contributed by atoms with van der Waals surface area (Å²) in [5.74, 6) is -0.934. The van der Waals surface area contributed by atoms with E-state index in [0.29, 0.717) is 27.9 Å². The smallest absolute Gasteiger partial charge is 0.336 e. The zero-order valence-corrected chi connectivity index (χ0v) is 14.2. The average Bonchev–Trinajstić information content (AvgIpc) is 2.53. The van der Waals surface area contributed by atoms with Crippen LogP contribution in [0.1, 0.15) is 35.3 Å². The summed E-state index contributed by atoms with van der Waals surface area (Å²) in [6.45, 7) is 4.28. The van der Waals surface area contributed by atoms with E-state index < -0.39 is 5.97 Å². The Morgan fingerprint density at radius 1 is 1.17 bits per heavy atom. The molecule has 1 heterocycles. The van der Waals surface area contributed by atoms with Crippen LogP contribution >= 0.6 is 11.6 Å². The minimum atomic E-state index is -0.934. The van der Waals surface area contributed by atoms with Crippen molar-refractivity contribution in [2.75, 3.05) is 0 Å². The molecule has 0 fully saturated rings. The third-order valence-corrected chi connectivity index (χ3v) is 5.12. The van der Waals surface area contributed by atoms with Crippen LogP contribution in [0.5, 0.6) is 0 Å². The highest BCUT2D eigenvalue weighted by Crippen LogP contribution is 2.45. The van der Waals surface area contributed by atoms with Gasteiger partial charge in [0.2, 0.25) is 0 Å². The van der Waals surface area contributed by atoms with Crippen molar-refractivity contribution < 1.29 is 9.90 Å². The molecule has 0 radical (unpaired) electrons. The quantitative estimate of drug-likeness (QED) is 0.673. The SMILES string of the molecule is CC1(C)Cc2c(nc3c(Cl)cccc3c2C(=O)O)-c2ccccc21. The number of hydrogen-bond acceptors (Lipinski definition) is 2. The van der Waals surface area contributed by atoms with Crippen molar-refractivity contribution in [2.24, 2.45) is 0 Å². The van der Waals surface area contributed by atoms with Gasteiger partial charge in [-0.1, -0.05) is 61.8 Å². The highest BCUT2D eigenvalue weighted by Gasteiger charge is 2.35. The topological polar surface area (TPSA) is 50.2 Å². The zero-order chi connectivity index (χ0) is 17.1. The van der Waals surface area contributed by atoms with Crippen LogP contribution in [0.15, 0.2) is 42.5 Å². The number of aromatic carboxylic acids is 1. The Labute approximate surface area is 144 Å². The summed E-state index contributed by atoms with van der Waals surface area (Å²) in [4.78, 5) is 16.8. The number of nitrogens with zero attached hydrogens (tertiary/aromatic N) is 1. The summed E-state index contributed by atoms with van der Waals surface area (Å²) < 4.78 is 0. The third-order valence-electron chi connectivity index (χ3n) is 4.81. The van der Waals surface area contributed by atoms with Gasteiger partial charge in [0.25, 0.3) is 0 Å². The van der Waals surface area contributed by atoms with Gasteiger partial charge in [0, 0.05) is 10.9 Å². The number of fused-ring (bicyclic) bond motifs is 4. The predicted molar refractivity (Wildman–Crippen MR) is 95.9 cm³/mol. The van der Waals surface area contributed by atoms with E-state index in [9.17, 15) is 9.90 Å². The summed E-state index contributed by atoms with van der Waals surface area (Å²) >= 11 is 6.30. The lowest BCUT2D eigenvalue weighted by atomic mass is 9.70. The lowest BCUT2D eigenvalue weighted by molar-refractivity contribution is 0.0697. The predicted octanol–water partition coefficient (Wildman–Crippen LogP) is 5.09. The largest absolute Gasteiger partial charge is 0.478 e. The highest BCUT2D eigenvalue weighted by atomic mass is 35.5. The molecule has 120 valence electrons. The zero-order valence-electron chi connectivity index (χ0n) is 13.4. The Morgan fingerprint density at radius 3 is 2.67 bits per heavy atom.